The van der Waals surface area contributed by atoms with Gasteiger partial charge in [0, 0.05) is 8.95 Å². The first kappa shape index (κ1) is 14.6. The van der Waals surface area contributed by atoms with Gasteiger partial charge in [0.15, 0.2) is 0 Å². The highest BCUT2D eigenvalue weighted by Gasteiger charge is 2.08. The number of ether oxygens (including phenoxy) is 1. The van der Waals surface area contributed by atoms with E-state index in [4.69, 9.17) is 4.74 Å². The second-order valence-corrected chi connectivity index (χ2v) is 6.14. The molecule has 0 heterocycles. The summed E-state index contributed by atoms with van der Waals surface area (Å²) in [4.78, 5) is 0. The molecule has 0 amide bonds. The van der Waals surface area contributed by atoms with Gasteiger partial charge >= 0.3 is 0 Å². The van der Waals surface area contributed by atoms with Crippen LogP contribution in [0.1, 0.15) is 24.2 Å². The number of aryl methyl sites for hydroxylation is 1. The second kappa shape index (κ2) is 6.07. The van der Waals surface area contributed by atoms with E-state index in [9.17, 15) is 5.11 Å². The lowest BCUT2D eigenvalue weighted by atomic mass is 10.1. The minimum Gasteiger partial charge on any atom is -0.457 e. The van der Waals surface area contributed by atoms with E-state index in [1.165, 1.54) is 0 Å². The van der Waals surface area contributed by atoms with Crippen LogP contribution in [-0.4, -0.2) is 5.11 Å². The summed E-state index contributed by atoms with van der Waals surface area (Å²) >= 11 is 6.88. The molecule has 100 valence electrons. The number of aliphatic hydroxyl groups is 1. The van der Waals surface area contributed by atoms with Gasteiger partial charge in [-0.25, -0.2) is 0 Å². The first-order chi connectivity index (χ1) is 8.97. The molecule has 0 saturated heterocycles. The average Bonchev–Trinajstić information content (AvgIpc) is 2.33. The van der Waals surface area contributed by atoms with Gasteiger partial charge in [0.05, 0.1) is 6.10 Å². The highest BCUT2D eigenvalue weighted by molar-refractivity contribution is 9.10. The largest absolute Gasteiger partial charge is 0.457 e. The molecule has 0 saturated carbocycles. The fourth-order valence-electron chi connectivity index (χ4n) is 1.72. The molecule has 0 bridgehead atoms. The third-order valence-electron chi connectivity index (χ3n) is 2.80. The molecule has 1 atom stereocenters. The van der Waals surface area contributed by atoms with E-state index in [0.717, 1.165) is 31.6 Å². The number of halogens is 2. The highest BCUT2D eigenvalue weighted by Crippen LogP contribution is 2.32. The second-order valence-electron chi connectivity index (χ2n) is 4.37. The zero-order chi connectivity index (χ0) is 14.0. The SMILES string of the molecule is Cc1ccc(Br)cc1Oc1ccc(C(C)O)c(Br)c1. The Labute approximate surface area is 129 Å². The Kier molecular flexibility index (Phi) is 4.66. The summed E-state index contributed by atoms with van der Waals surface area (Å²) < 4.78 is 7.68. The van der Waals surface area contributed by atoms with Crippen molar-refractivity contribution in [3.8, 4) is 11.5 Å². The van der Waals surface area contributed by atoms with Gasteiger partial charge in [0.1, 0.15) is 11.5 Å². The monoisotopic (exact) mass is 384 g/mol. The number of aliphatic hydroxyl groups excluding tert-OH is 1. The smallest absolute Gasteiger partial charge is 0.131 e. The van der Waals surface area contributed by atoms with Gasteiger partial charge in [-0.2, -0.15) is 0 Å². The van der Waals surface area contributed by atoms with Crippen molar-refractivity contribution in [3.63, 3.8) is 0 Å². The van der Waals surface area contributed by atoms with E-state index in [0.29, 0.717) is 0 Å². The Hall–Kier alpha value is -0.840. The van der Waals surface area contributed by atoms with Crippen molar-refractivity contribution in [1.29, 1.82) is 0 Å². The van der Waals surface area contributed by atoms with E-state index in [1.54, 1.807) is 6.92 Å². The van der Waals surface area contributed by atoms with Gasteiger partial charge in [-0.15, -0.1) is 0 Å². The van der Waals surface area contributed by atoms with Crippen molar-refractivity contribution in [1.82, 2.24) is 0 Å². The summed E-state index contributed by atoms with van der Waals surface area (Å²) in [7, 11) is 0. The van der Waals surface area contributed by atoms with Crippen LogP contribution in [0.5, 0.6) is 11.5 Å². The number of rotatable bonds is 3. The molecule has 1 unspecified atom stereocenters. The van der Waals surface area contributed by atoms with Crippen LogP contribution in [-0.2, 0) is 0 Å². The Morgan fingerprint density at radius 3 is 2.47 bits per heavy atom. The van der Waals surface area contributed by atoms with Gasteiger partial charge in [0.2, 0.25) is 0 Å². The van der Waals surface area contributed by atoms with E-state index >= 15 is 0 Å². The number of hydrogen-bond donors (Lipinski definition) is 1. The van der Waals surface area contributed by atoms with Gasteiger partial charge in [0.25, 0.3) is 0 Å². The lowest BCUT2D eigenvalue weighted by Gasteiger charge is -2.12. The lowest BCUT2D eigenvalue weighted by Crippen LogP contribution is -1.94. The molecular formula is C15H14Br2O2. The van der Waals surface area contributed by atoms with Crippen LogP contribution in [0.25, 0.3) is 0 Å². The minimum atomic E-state index is -0.504. The molecule has 0 aliphatic carbocycles. The Bertz CT molecular complexity index is 595. The summed E-state index contributed by atoms with van der Waals surface area (Å²) in [6.45, 7) is 3.74. The maximum Gasteiger partial charge on any atom is 0.131 e. The quantitative estimate of drug-likeness (QED) is 0.769. The summed E-state index contributed by atoms with van der Waals surface area (Å²) in [5.41, 5.74) is 1.91. The van der Waals surface area contributed by atoms with E-state index in [1.807, 2.05) is 43.3 Å². The molecule has 2 rings (SSSR count). The average molecular weight is 386 g/mol. The fourth-order valence-corrected chi connectivity index (χ4v) is 2.75. The zero-order valence-electron chi connectivity index (χ0n) is 10.7. The van der Waals surface area contributed by atoms with Crippen LogP contribution in [0.3, 0.4) is 0 Å². The van der Waals surface area contributed by atoms with Crippen molar-refractivity contribution in [2.45, 2.75) is 20.0 Å². The van der Waals surface area contributed by atoms with Gasteiger partial charge in [-0.1, -0.05) is 44.0 Å². The highest BCUT2D eigenvalue weighted by atomic mass is 79.9. The molecular weight excluding hydrogens is 372 g/mol. The molecule has 0 aliphatic heterocycles. The van der Waals surface area contributed by atoms with Crippen LogP contribution in [0.4, 0.5) is 0 Å². The third kappa shape index (κ3) is 3.59. The number of benzene rings is 2. The predicted molar refractivity (Wildman–Crippen MR) is 83.7 cm³/mol. The molecule has 0 spiro atoms. The van der Waals surface area contributed by atoms with Gasteiger partial charge < -0.3 is 9.84 Å². The lowest BCUT2D eigenvalue weighted by molar-refractivity contribution is 0.198. The Morgan fingerprint density at radius 1 is 1.11 bits per heavy atom. The molecule has 19 heavy (non-hydrogen) atoms. The van der Waals surface area contributed by atoms with Gasteiger partial charge in [-0.05, 0) is 49.2 Å². The fraction of sp³-hybridized carbons (Fsp3) is 0.200. The standard InChI is InChI=1S/C15H14Br2O2/c1-9-3-4-11(16)7-15(9)19-12-5-6-13(10(2)18)14(17)8-12/h3-8,10,18H,1-2H3. The van der Waals surface area contributed by atoms with E-state index < -0.39 is 6.10 Å². The first-order valence-corrected chi connectivity index (χ1v) is 7.47. The van der Waals surface area contributed by atoms with E-state index in [-0.39, 0.29) is 0 Å². The van der Waals surface area contributed by atoms with Crippen molar-refractivity contribution in [3.05, 3.63) is 56.5 Å². The zero-order valence-corrected chi connectivity index (χ0v) is 13.8. The molecule has 2 aromatic carbocycles. The van der Waals surface area contributed by atoms with Crippen molar-refractivity contribution < 1.29 is 9.84 Å². The predicted octanol–water partition coefficient (Wildman–Crippen LogP) is 5.37. The summed E-state index contributed by atoms with van der Waals surface area (Å²) in [6.07, 6.45) is -0.504. The summed E-state index contributed by atoms with van der Waals surface area (Å²) in [6, 6.07) is 11.5. The van der Waals surface area contributed by atoms with Gasteiger partial charge in [-0.3, -0.25) is 0 Å². The third-order valence-corrected chi connectivity index (χ3v) is 3.98. The first-order valence-electron chi connectivity index (χ1n) is 5.89. The van der Waals surface area contributed by atoms with Crippen LogP contribution >= 0.6 is 31.9 Å². The molecule has 0 fully saturated rings. The topological polar surface area (TPSA) is 29.5 Å². The van der Waals surface area contributed by atoms with Crippen LogP contribution in [0, 0.1) is 6.92 Å². The maximum absolute atomic E-state index is 9.59. The van der Waals surface area contributed by atoms with Crippen molar-refractivity contribution in [2.24, 2.45) is 0 Å². The van der Waals surface area contributed by atoms with E-state index in [2.05, 4.69) is 31.9 Å². The molecule has 4 heteroatoms. The molecule has 0 aromatic heterocycles. The molecule has 2 aromatic rings. The van der Waals surface area contributed by atoms with Crippen molar-refractivity contribution >= 4 is 31.9 Å². The normalized spacial score (nSPS) is 12.3. The molecule has 2 nitrogen and oxygen atoms in total. The Balaban J connectivity index is 2.29. The van der Waals surface area contributed by atoms with Crippen molar-refractivity contribution in [2.75, 3.05) is 0 Å². The summed E-state index contributed by atoms with van der Waals surface area (Å²) in [5, 5.41) is 9.59. The maximum atomic E-state index is 9.59. The van der Waals surface area contributed by atoms with Crippen LogP contribution in [0.2, 0.25) is 0 Å². The van der Waals surface area contributed by atoms with Crippen LogP contribution in [0.15, 0.2) is 45.3 Å². The number of hydrogen-bond acceptors (Lipinski definition) is 2. The minimum absolute atomic E-state index is 0.504. The molecule has 0 aliphatic rings. The molecule has 1 N–H and O–H groups in total. The molecule has 0 radical (unpaired) electrons. The Morgan fingerprint density at radius 2 is 1.84 bits per heavy atom. The van der Waals surface area contributed by atoms with Crippen LogP contribution < -0.4 is 4.74 Å². The summed E-state index contributed by atoms with van der Waals surface area (Å²) in [5.74, 6) is 1.54.